The molecule has 0 saturated carbocycles. The first kappa shape index (κ1) is 14.6. The van der Waals surface area contributed by atoms with Crippen LogP contribution in [-0.2, 0) is 0 Å². The summed E-state index contributed by atoms with van der Waals surface area (Å²) in [6, 6.07) is 9.00. The molecule has 0 heterocycles. The van der Waals surface area contributed by atoms with Crippen molar-refractivity contribution in [2.24, 2.45) is 0 Å². The van der Waals surface area contributed by atoms with E-state index in [0.717, 1.165) is 21.3 Å². The number of ether oxygens (including phenoxy) is 1. The molecule has 0 amide bonds. The van der Waals surface area contributed by atoms with Crippen LogP contribution in [0.25, 0.3) is 0 Å². The highest BCUT2D eigenvalue weighted by atomic mass is 79.9. The summed E-state index contributed by atoms with van der Waals surface area (Å²) in [7, 11) is 1.61. The molecule has 0 fully saturated rings. The summed E-state index contributed by atoms with van der Waals surface area (Å²) < 4.78 is 6.01. The molecule has 2 rings (SSSR count). The summed E-state index contributed by atoms with van der Waals surface area (Å²) in [6.45, 7) is 3.77. The first-order valence-electron chi connectivity index (χ1n) is 6.19. The second-order valence-corrected chi connectivity index (χ2v) is 5.60. The third-order valence-electron chi connectivity index (χ3n) is 3.31. The van der Waals surface area contributed by atoms with E-state index in [9.17, 15) is 4.79 Å². The average Bonchev–Trinajstić information content (AvgIpc) is 2.42. The Balaban J connectivity index is 2.49. The van der Waals surface area contributed by atoms with Crippen LogP contribution in [0, 0.1) is 13.8 Å². The number of aryl methyl sites for hydroxylation is 1. The van der Waals surface area contributed by atoms with Gasteiger partial charge in [0.25, 0.3) is 0 Å². The van der Waals surface area contributed by atoms with E-state index in [-0.39, 0.29) is 5.78 Å². The molecule has 20 heavy (non-hydrogen) atoms. The number of benzene rings is 2. The maximum atomic E-state index is 12.6. The van der Waals surface area contributed by atoms with Crippen LogP contribution in [-0.4, -0.2) is 12.9 Å². The van der Waals surface area contributed by atoms with Crippen molar-refractivity contribution in [2.75, 3.05) is 12.8 Å². The van der Waals surface area contributed by atoms with Crippen LogP contribution in [0.3, 0.4) is 0 Å². The van der Waals surface area contributed by atoms with Gasteiger partial charge >= 0.3 is 0 Å². The number of hydrogen-bond donors (Lipinski definition) is 1. The van der Waals surface area contributed by atoms with Gasteiger partial charge in [-0.15, -0.1) is 0 Å². The minimum atomic E-state index is -0.0405. The Kier molecular flexibility index (Phi) is 4.14. The Morgan fingerprint density at radius 3 is 2.50 bits per heavy atom. The molecule has 3 nitrogen and oxygen atoms in total. The Morgan fingerprint density at radius 2 is 1.90 bits per heavy atom. The van der Waals surface area contributed by atoms with E-state index < -0.39 is 0 Å². The van der Waals surface area contributed by atoms with Crippen molar-refractivity contribution in [3.63, 3.8) is 0 Å². The molecule has 2 N–H and O–H groups in total. The quantitative estimate of drug-likeness (QED) is 0.684. The molecule has 0 aliphatic rings. The topological polar surface area (TPSA) is 52.3 Å². The zero-order chi connectivity index (χ0) is 14.9. The Labute approximate surface area is 126 Å². The molecule has 0 bridgehead atoms. The van der Waals surface area contributed by atoms with E-state index in [1.54, 1.807) is 31.4 Å². The molecule has 0 aliphatic carbocycles. The molecule has 0 unspecified atom stereocenters. The molecule has 2 aromatic rings. The maximum absolute atomic E-state index is 12.6. The molecular formula is C16H16BrNO2. The van der Waals surface area contributed by atoms with Crippen LogP contribution < -0.4 is 10.5 Å². The fourth-order valence-corrected chi connectivity index (χ4v) is 2.59. The van der Waals surface area contributed by atoms with Gasteiger partial charge in [0.1, 0.15) is 5.75 Å². The minimum absolute atomic E-state index is 0.0405. The highest BCUT2D eigenvalue weighted by Crippen LogP contribution is 2.26. The van der Waals surface area contributed by atoms with Crippen LogP contribution in [0.15, 0.2) is 34.8 Å². The van der Waals surface area contributed by atoms with Crippen molar-refractivity contribution in [1.29, 1.82) is 0 Å². The summed E-state index contributed by atoms with van der Waals surface area (Å²) in [4.78, 5) is 12.6. The SMILES string of the molecule is COc1ccc(C(=O)c2cc(Br)cc(N)c2C)cc1C. The van der Waals surface area contributed by atoms with Gasteiger partial charge in [0.15, 0.2) is 5.78 Å². The Hall–Kier alpha value is -1.81. The molecule has 4 heteroatoms. The van der Waals surface area contributed by atoms with Crippen molar-refractivity contribution in [3.8, 4) is 5.75 Å². The van der Waals surface area contributed by atoms with Gasteiger partial charge in [-0.05, 0) is 55.3 Å². The summed E-state index contributed by atoms with van der Waals surface area (Å²) in [5.41, 5.74) is 9.48. The highest BCUT2D eigenvalue weighted by Gasteiger charge is 2.15. The predicted molar refractivity (Wildman–Crippen MR) is 84.5 cm³/mol. The summed E-state index contributed by atoms with van der Waals surface area (Å²) in [5, 5.41) is 0. The van der Waals surface area contributed by atoms with Crippen molar-refractivity contribution >= 4 is 27.4 Å². The van der Waals surface area contributed by atoms with Crippen molar-refractivity contribution in [1.82, 2.24) is 0 Å². The highest BCUT2D eigenvalue weighted by molar-refractivity contribution is 9.10. The number of methoxy groups -OCH3 is 1. The smallest absolute Gasteiger partial charge is 0.193 e. The predicted octanol–water partition coefficient (Wildman–Crippen LogP) is 3.89. The normalized spacial score (nSPS) is 10.4. The van der Waals surface area contributed by atoms with Gasteiger partial charge in [-0.1, -0.05) is 15.9 Å². The average molecular weight is 334 g/mol. The molecule has 0 spiro atoms. The number of hydrogen-bond acceptors (Lipinski definition) is 3. The van der Waals surface area contributed by atoms with Gasteiger partial charge in [0.05, 0.1) is 7.11 Å². The number of nitrogen functional groups attached to an aromatic ring is 1. The number of ketones is 1. The third-order valence-corrected chi connectivity index (χ3v) is 3.77. The number of nitrogens with two attached hydrogens (primary N) is 1. The number of carbonyl (C=O) groups is 1. The number of carbonyl (C=O) groups excluding carboxylic acids is 1. The molecular weight excluding hydrogens is 318 g/mol. The van der Waals surface area contributed by atoms with Crippen molar-refractivity contribution in [3.05, 3.63) is 57.1 Å². The lowest BCUT2D eigenvalue weighted by Crippen LogP contribution is -2.06. The van der Waals surface area contributed by atoms with Crippen molar-refractivity contribution < 1.29 is 9.53 Å². The minimum Gasteiger partial charge on any atom is -0.496 e. The molecule has 0 aromatic heterocycles. The second kappa shape index (κ2) is 5.67. The Morgan fingerprint density at radius 1 is 1.20 bits per heavy atom. The molecule has 0 radical (unpaired) electrons. The zero-order valence-electron chi connectivity index (χ0n) is 11.7. The van der Waals surface area contributed by atoms with Gasteiger partial charge in [-0.25, -0.2) is 0 Å². The number of rotatable bonds is 3. The van der Waals surface area contributed by atoms with Crippen LogP contribution in [0.5, 0.6) is 5.75 Å². The van der Waals surface area contributed by atoms with E-state index in [1.165, 1.54) is 0 Å². The van der Waals surface area contributed by atoms with E-state index in [4.69, 9.17) is 10.5 Å². The lowest BCUT2D eigenvalue weighted by molar-refractivity contribution is 0.103. The first-order valence-corrected chi connectivity index (χ1v) is 6.98. The van der Waals surface area contributed by atoms with Crippen LogP contribution in [0.1, 0.15) is 27.0 Å². The van der Waals surface area contributed by atoms with Crippen LogP contribution in [0.2, 0.25) is 0 Å². The fourth-order valence-electron chi connectivity index (χ4n) is 2.11. The standard InChI is InChI=1S/C16H16BrNO2/c1-9-6-11(4-5-15(9)20-3)16(19)13-7-12(17)8-14(18)10(13)2/h4-8H,18H2,1-3H3. The third kappa shape index (κ3) is 2.70. The molecule has 2 aromatic carbocycles. The monoisotopic (exact) mass is 333 g/mol. The number of anilines is 1. The molecule has 0 atom stereocenters. The summed E-state index contributed by atoms with van der Waals surface area (Å²) in [5.74, 6) is 0.730. The molecule has 0 aliphatic heterocycles. The first-order chi connectivity index (χ1) is 9.43. The summed E-state index contributed by atoms with van der Waals surface area (Å²) in [6.07, 6.45) is 0. The van der Waals surface area contributed by atoms with Crippen LogP contribution >= 0.6 is 15.9 Å². The molecule has 104 valence electrons. The molecule has 0 saturated heterocycles. The van der Waals surface area contributed by atoms with E-state index >= 15 is 0 Å². The largest absolute Gasteiger partial charge is 0.496 e. The lowest BCUT2D eigenvalue weighted by Gasteiger charge is -2.10. The zero-order valence-corrected chi connectivity index (χ0v) is 13.2. The Bertz CT molecular complexity index is 680. The van der Waals surface area contributed by atoms with E-state index in [1.807, 2.05) is 19.9 Å². The van der Waals surface area contributed by atoms with Gasteiger partial charge < -0.3 is 10.5 Å². The van der Waals surface area contributed by atoms with E-state index in [0.29, 0.717) is 16.8 Å². The van der Waals surface area contributed by atoms with Gasteiger partial charge in [0.2, 0.25) is 0 Å². The van der Waals surface area contributed by atoms with E-state index in [2.05, 4.69) is 15.9 Å². The number of halogens is 1. The fraction of sp³-hybridized carbons (Fsp3) is 0.188. The van der Waals surface area contributed by atoms with Crippen molar-refractivity contribution in [2.45, 2.75) is 13.8 Å². The van der Waals surface area contributed by atoms with Gasteiger partial charge in [0, 0.05) is 21.3 Å². The second-order valence-electron chi connectivity index (χ2n) is 4.68. The van der Waals surface area contributed by atoms with Gasteiger partial charge in [-0.3, -0.25) is 4.79 Å². The maximum Gasteiger partial charge on any atom is 0.193 e. The lowest BCUT2D eigenvalue weighted by atomic mass is 9.97. The van der Waals surface area contributed by atoms with Gasteiger partial charge in [-0.2, -0.15) is 0 Å². The summed E-state index contributed by atoms with van der Waals surface area (Å²) >= 11 is 3.37. The van der Waals surface area contributed by atoms with Crippen LogP contribution in [0.4, 0.5) is 5.69 Å².